The summed E-state index contributed by atoms with van der Waals surface area (Å²) in [5.41, 5.74) is 0.883. The molecule has 2 heterocycles. The van der Waals surface area contributed by atoms with E-state index in [-0.39, 0.29) is 18.1 Å². The first-order chi connectivity index (χ1) is 15.0. The van der Waals surface area contributed by atoms with Gasteiger partial charge < -0.3 is 19.4 Å². The maximum absolute atomic E-state index is 13.5. The van der Waals surface area contributed by atoms with Crippen LogP contribution in [0.5, 0.6) is 0 Å². The van der Waals surface area contributed by atoms with Gasteiger partial charge in [-0.15, -0.1) is 0 Å². The van der Waals surface area contributed by atoms with Gasteiger partial charge in [-0.25, -0.2) is 4.79 Å². The van der Waals surface area contributed by atoms with Crippen molar-refractivity contribution in [3.8, 4) is 0 Å². The molecule has 0 saturated heterocycles. The van der Waals surface area contributed by atoms with E-state index in [4.69, 9.17) is 9.15 Å². The van der Waals surface area contributed by atoms with Gasteiger partial charge in [0.2, 0.25) is 0 Å². The molecule has 4 aliphatic rings. The molecule has 4 saturated carbocycles. The Morgan fingerprint density at radius 1 is 1.26 bits per heavy atom. The van der Waals surface area contributed by atoms with Gasteiger partial charge in [-0.1, -0.05) is 0 Å². The van der Waals surface area contributed by atoms with Crippen molar-refractivity contribution >= 4 is 28.4 Å². The molecule has 4 fully saturated rings. The van der Waals surface area contributed by atoms with Crippen molar-refractivity contribution in [3.63, 3.8) is 0 Å². The van der Waals surface area contributed by atoms with Crippen LogP contribution in [0.4, 0.5) is 5.00 Å². The second kappa shape index (κ2) is 7.97. The van der Waals surface area contributed by atoms with Gasteiger partial charge in [-0.2, -0.15) is 4.37 Å². The number of carbonyl (C=O) groups excluding carboxylic acids is 2. The van der Waals surface area contributed by atoms with Gasteiger partial charge in [0.25, 0.3) is 5.91 Å². The van der Waals surface area contributed by atoms with Crippen LogP contribution in [-0.2, 0) is 16.1 Å². The van der Waals surface area contributed by atoms with Crippen molar-refractivity contribution in [2.24, 2.45) is 17.8 Å². The normalized spacial score (nSPS) is 28.5. The van der Waals surface area contributed by atoms with Crippen LogP contribution in [0.3, 0.4) is 0 Å². The number of amides is 1. The van der Waals surface area contributed by atoms with Gasteiger partial charge in [0.1, 0.15) is 16.3 Å². The maximum Gasteiger partial charge on any atom is 0.343 e. The van der Waals surface area contributed by atoms with E-state index in [1.165, 1.54) is 30.8 Å². The van der Waals surface area contributed by atoms with E-state index < -0.39 is 5.97 Å². The minimum absolute atomic E-state index is 0.138. The fourth-order valence-electron chi connectivity index (χ4n) is 6.53. The molecule has 0 unspecified atom stereocenters. The third-order valence-electron chi connectivity index (χ3n) is 7.39. The monoisotopic (exact) mass is 443 g/mol. The maximum atomic E-state index is 13.5. The Morgan fingerprint density at radius 3 is 2.52 bits per heavy atom. The standard InChI is InChI=1S/C23H29N3O4S/c1-14-20(21(24-2)31-25-14)22(28)30-13-19(27)26(12-18-4-3-5-29-18)23-9-15-6-16(10-23)8-17(7-15)11-23/h3-5,15-17,24H,6-13H2,1-2H3. The summed E-state index contributed by atoms with van der Waals surface area (Å²) in [6.45, 7) is 1.93. The first-order valence-corrected chi connectivity index (χ1v) is 11.9. The molecule has 0 spiro atoms. The number of aryl methyl sites for hydroxylation is 1. The number of esters is 1. The van der Waals surface area contributed by atoms with Gasteiger partial charge in [-0.3, -0.25) is 4.79 Å². The molecule has 8 heteroatoms. The molecule has 6 rings (SSSR count). The van der Waals surface area contributed by atoms with Crippen LogP contribution in [-0.4, -0.2) is 40.3 Å². The fourth-order valence-corrected chi connectivity index (χ4v) is 7.27. The number of furan rings is 1. The zero-order chi connectivity index (χ0) is 21.6. The van der Waals surface area contributed by atoms with E-state index in [0.717, 1.165) is 25.0 Å². The SMILES string of the molecule is CNc1snc(C)c1C(=O)OCC(=O)N(Cc1ccco1)C12CC3CC(CC(C3)C1)C2. The van der Waals surface area contributed by atoms with Crippen molar-refractivity contribution in [1.82, 2.24) is 9.27 Å². The van der Waals surface area contributed by atoms with Crippen molar-refractivity contribution in [3.05, 3.63) is 35.4 Å². The number of carbonyl (C=O) groups is 2. The molecule has 1 amide bonds. The Labute approximate surface area is 186 Å². The predicted molar refractivity (Wildman–Crippen MR) is 117 cm³/mol. The van der Waals surface area contributed by atoms with Crippen molar-refractivity contribution in [2.75, 3.05) is 19.0 Å². The fraction of sp³-hybridized carbons (Fsp3) is 0.609. The Bertz CT molecular complexity index is 932. The van der Waals surface area contributed by atoms with Gasteiger partial charge in [0.05, 0.1) is 18.5 Å². The molecular weight excluding hydrogens is 414 g/mol. The third kappa shape index (κ3) is 3.75. The number of anilines is 1. The Hall–Kier alpha value is -2.35. The van der Waals surface area contributed by atoms with Crippen LogP contribution < -0.4 is 5.32 Å². The molecule has 0 aromatic carbocycles. The lowest BCUT2D eigenvalue weighted by Gasteiger charge is -2.60. The predicted octanol–water partition coefficient (Wildman–Crippen LogP) is 4.24. The summed E-state index contributed by atoms with van der Waals surface area (Å²) in [6, 6.07) is 3.76. The molecule has 2 aromatic heterocycles. The minimum atomic E-state index is -0.507. The number of nitrogens with one attached hydrogen (secondary N) is 1. The lowest BCUT2D eigenvalue weighted by atomic mass is 9.52. The smallest absolute Gasteiger partial charge is 0.343 e. The molecule has 1 N–H and O–H groups in total. The lowest BCUT2D eigenvalue weighted by molar-refractivity contribution is -0.156. The largest absolute Gasteiger partial charge is 0.467 e. The number of rotatable bonds is 7. The average Bonchev–Trinajstić information content (AvgIpc) is 3.38. The molecule has 4 bridgehead atoms. The van der Waals surface area contributed by atoms with Crippen molar-refractivity contribution < 1.29 is 18.7 Å². The number of hydrogen-bond acceptors (Lipinski definition) is 7. The number of aromatic nitrogens is 1. The summed E-state index contributed by atoms with van der Waals surface area (Å²) in [4.78, 5) is 28.2. The molecule has 7 nitrogen and oxygen atoms in total. The van der Waals surface area contributed by atoms with E-state index >= 15 is 0 Å². The molecule has 0 atom stereocenters. The van der Waals surface area contributed by atoms with Crippen LogP contribution >= 0.6 is 11.5 Å². The Balaban J connectivity index is 1.35. The van der Waals surface area contributed by atoms with Gasteiger partial charge in [0.15, 0.2) is 6.61 Å². The van der Waals surface area contributed by atoms with Gasteiger partial charge >= 0.3 is 5.97 Å². The topological polar surface area (TPSA) is 84.7 Å². The number of nitrogens with zero attached hydrogens (tertiary/aromatic N) is 2. The average molecular weight is 444 g/mol. The molecule has 4 aliphatic carbocycles. The van der Waals surface area contributed by atoms with E-state index in [1.54, 1.807) is 20.2 Å². The molecular formula is C23H29N3O4S. The van der Waals surface area contributed by atoms with Crippen molar-refractivity contribution in [2.45, 2.75) is 57.5 Å². The molecule has 2 aromatic rings. The van der Waals surface area contributed by atoms with E-state index in [1.807, 2.05) is 17.0 Å². The highest BCUT2D eigenvalue weighted by atomic mass is 32.1. The molecule has 0 aliphatic heterocycles. The quantitative estimate of drug-likeness (QED) is 0.645. The van der Waals surface area contributed by atoms with Crippen LogP contribution in [0.15, 0.2) is 22.8 Å². The second-order valence-corrected chi connectivity index (χ2v) is 10.3. The number of ether oxygens (including phenoxy) is 1. The Morgan fingerprint density at radius 2 is 1.94 bits per heavy atom. The summed E-state index contributed by atoms with van der Waals surface area (Å²) >= 11 is 1.22. The van der Waals surface area contributed by atoms with Crippen molar-refractivity contribution in [1.29, 1.82) is 0 Å². The van der Waals surface area contributed by atoms with E-state index in [0.29, 0.717) is 40.6 Å². The lowest BCUT2D eigenvalue weighted by Crippen LogP contribution is -2.61. The highest BCUT2D eigenvalue weighted by Crippen LogP contribution is 2.58. The van der Waals surface area contributed by atoms with Crippen LogP contribution in [0, 0.1) is 24.7 Å². The summed E-state index contributed by atoms with van der Waals surface area (Å²) in [5.74, 6) is 2.24. The van der Waals surface area contributed by atoms with Gasteiger partial charge in [-0.05, 0) is 86.9 Å². The first kappa shape index (κ1) is 20.5. The molecule has 31 heavy (non-hydrogen) atoms. The zero-order valence-electron chi connectivity index (χ0n) is 18.1. The Kier molecular flexibility index (Phi) is 5.28. The first-order valence-electron chi connectivity index (χ1n) is 11.1. The summed E-state index contributed by atoms with van der Waals surface area (Å²) in [6.07, 6.45) is 8.70. The second-order valence-electron chi connectivity index (χ2n) is 9.50. The summed E-state index contributed by atoms with van der Waals surface area (Å²) in [7, 11) is 1.74. The van der Waals surface area contributed by atoms with Crippen LogP contribution in [0.25, 0.3) is 0 Å². The number of hydrogen-bond donors (Lipinski definition) is 1. The van der Waals surface area contributed by atoms with E-state index in [9.17, 15) is 9.59 Å². The summed E-state index contributed by atoms with van der Waals surface area (Å²) in [5, 5.41) is 3.63. The highest BCUT2D eigenvalue weighted by Gasteiger charge is 2.54. The minimum Gasteiger partial charge on any atom is -0.467 e. The van der Waals surface area contributed by atoms with Crippen LogP contribution in [0.2, 0.25) is 0 Å². The molecule has 166 valence electrons. The summed E-state index contributed by atoms with van der Waals surface area (Å²) < 4.78 is 15.3. The highest BCUT2D eigenvalue weighted by molar-refractivity contribution is 7.10. The van der Waals surface area contributed by atoms with E-state index in [2.05, 4.69) is 9.69 Å². The van der Waals surface area contributed by atoms with Crippen LogP contribution in [0.1, 0.15) is 60.3 Å². The zero-order valence-corrected chi connectivity index (χ0v) is 18.9. The van der Waals surface area contributed by atoms with Gasteiger partial charge in [0, 0.05) is 12.6 Å². The third-order valence-corrected chi connectivity index (χ3v) is 8.35. The molecule has 0 radical (unpaired) electrons.